The zero-order valence-electron chi connectivity index (χ0n) is 8.13. The summed E-state index contributed by atoms with van der Waals surface area (Å²) in [5.41, 5.74) is 0.744. The van der Waals surface area contributed by atoms with Crippen LogP contribution in [-0.2, 0) is 0 Å². The molecule has 1 amide bonds. The average molecular weight is 232 g/mol. The Morgan fingerprint density at radius 2 is 2.50 bits per heavy atom. The molecule has 0 saturated carbocycles. The summed E-state index contributed by atoms with van der Waals surface area (Å²) in [5.74, 6) is 1.10. The molecule has 1 atom stereocenters. The second-order valence-corrected chi connectivity index (χ2v) is 4.46. The highest BCUT2D eigenvalue weighted by Gasteiger charge is 2.07. The van der Waals surface area contributed by atoms with E-state index in [0.29, 0.717) is 18.3 Å². The molecule has 0 spiro atoms. The zero-order valence-corrected chi connectivity index (χ0v) is 9.70. The first-order chi connectivity index (χ1) is 6.74. The molecule has 0 saturated heterocycles. The van der Waals surface area contributed by atoms with Crippen molar-refractivity contribution < 1.29 is 4.79 Å². The lowest BCUT2D eigenvalue weighted by molar-refractivity contribution is 0.0948. The first-order valence-electron chi connectivity index (χ1n) is 4.60. The lowest BCUT2D eigenvalue weighted by atomic mass is 10.1. The smallest absolute Gasteiger partial charge is 0.252 e. The number of hydrogen-bond donors (Lipinski definition) is 1. The van der Waals surface area contributed by atoms with E-state index in [9.17, 15) is 4.79 Å². The maximum absolute atomic E-state index is 11.5. The van der Waals surface area contributed by atoms with Gasteiger partial charge in [-0.3, -0.25) is 4.79 Å². The number of carbonyl (C=O) groups is 1. The largest absolute Gasteiger partial charge is 0.352 e. The Hall–Kier alpha value is -0.540. The number of carbonyl (C=O) groups excluding carboxylic acids is 1. The third-order valence-electron chi connectivity index (χ3n) is 2.00. The van der Waals surface area contributed by atoms with Crippen molar-refractivity contribution in [2.24, 2.45) is 5.92 Å². The highest BCUT2D eigenvalue weighted by atomic mass is 35.5. The highest BCUT2D eigenvalue weighted by Crippen LogP contribution is 2.06. The molecule has 78 valence electrons. The molecule has 1 aromatic heterocycles. The van der Waals surface area contributed by atoms with Crippen molar-refractivity contribution in [1.29, 1.82) is 0 Å². The summed E-state index contributed by atoms with van der Waals surface area (Å²) in [6.45, 7) is 2.78. The van der Waals surface area contributed by atoms with Gasteiger partial charge in [0.15, 0.2) is 0 Å². The van der Waals surface area contributed by atoms with Crippen LogP contribution in [0.1, 0.15) is 23.7 Å². The van der Waals surface area contributed by atoms with Gasteiger partial charge in [-0.25, -0.2) is 0 Å². The first kappa shape index (κ1) is 11.5. The summed E-state index contributed by atoms with van der Waals surface area (Å²) < 4.78 is 0. The van der Waals surface area contributed by atoms with Crippen LogP contribution in [0.3, 0.4) is 0 Å². The Kier molecular flexibility index (Phi) is 4.98. The van der Waals surface area contributed by atoms with Crippen molar-refractivity contribution in [2.45, 2.75) is 13.3 Å². The van der Waals surface area contributed by atoms with E-state index in [2.05, 4.69) is 12.2 Å². The molecule has 2 nitrogen and oxygen atoms in total. The molecule has 0 aliphatic heterocycles. The van der Waals surface area contributed by atoms with Crippen molar-refractivity contribution in [3.63, 3.8) is 0 Å². The molecule has 0 aromatic carbocycles. The summed E-state index contributed by atoms with van der Waals surface area (Å²) in [7, 11) is 0. The first-order valence-corrected chi connectivity index (χ1v) is 6.08. The Morgan fingerprint density at radius 3 is 3.07 bits per heavy atom. The number of halogens is 1. The highest BCUT2D eigenvalue weighted by molar-refractivity contribution is 7.08. The van der Waals surface area contributed by atoms with Gasteiger partial charge in [0.25, 0.3) is 5.91 Å². The summed E-state index contributed by atoms with van der Waals surface area (Å²) >= 11 is 7.13. The number of thiophene rings is 1. The van der Waals surface area contributed by atoms with Crippen LogP contribution in [0.15, 0.2) is 16.8 Å². The Balaban J connectivity index is 2.28. The van der Waals surface area contributed by atoms with Gasteiger partial charge < -0.3 is 5.32 Å². The Labute approximate surface area is 93.3 Å². The Morgan fingerprint density at radius 1 is 1.71 bits per heavy atom. The van der Waals surface area contributed by atoms with E-state index < -0.39 is 0 Å². The minimum Gasteiger partial charge on any atom is -0.352 e. The fourth-order valence-electron chi connectivity index (χ4n) is 1.05. The van der Waals surface area contributed by atoms with Crippen LogP contribution in [0.4, 0.5) is 0 Å². The van der Waals surface area contributed by atoms with Crippen molar-refractivity contribution in [3.05, 3.63) is 22.4 Å². The van der Waals surface area contributed by atoms with E-state index in [1.165, 1.54) is 11.3 Å². The van der Waals surface area contributed by atoms with Crippen molar-refractivity contribution in [3.8, 4) is 0 Å². The maximum Gasteiger partial charge on any atom is 0.252 e. The molecule has 0 bridgehead atoms. The third kappa shape index (κ3) is 3.68. The lowest BCUT2D eigenvalue weighted by Gasteiger charge is -2.09. The second-order valence-electron chi connectivity index (χ2n) is 3.30. The summed E-state index contributed by atoms with van der Waals surface area (Å²) in [4.78, 5) is 11.5. The van der Waals surface area contributed by atoms with Crippen LogP contribution < -0.4 is 5.32 Å². The normalized spacial score (nSPS) is 12.4. The van der Waals surface area contributed by atoms with Crippen molar-refractivity contribution >= 4 is 28.8 Å². The van der Waals surface area contributed by atoms with E-state index in [1.54, 1.807) is 0 Å². The maximum atomic E-state index is 11.5. The Bertz CT molecular complexity index is 274. The molecule has 0 fully saturated rings. The van der Waals surface area contributed by atoms with Crippen LogP contribution >= 0.6 is 22.9 Å². The molecule has 1 aromatic rings. The molecule has 1 N–H and O–H groups in total. The molecule has 0 radical (unpaired) electrons. The van der Waals surface area contributed by atoms with Crippen LogP contribution in [0.25, 0.3) is 0 Å². The minimum absolute atomic E-state index is 0.00710. The zero-order chi connectivity index (χ0) is 10.4. The molecule has 1 unspecified atom stereocenters. The molecule has 1 rings (SSSR count). The molecular formula is C10H14ClNOS. The quantitative estimate of drug-likeness (QED) is 0.776. The molecule has 0 aliphatic rings. The number of alkyl halides is 1. The van der Waals surface area contributed by atoms with Crippen LogP contribution in [-0.4, -0.2) is 18.3 Å². The van der Waals surface area contributed by atoms with E-state index >= 15 is 0 Å². The molecule has 0 aliphatic carbocycles. The topological polar surface area (TPSA) is 29.1 Å². The predicted molar refractivity (Wildman–Crippen MR) is 61.2 cm³/mol. The van der Waals surface area contributed by atoms with Crippen LogP contribution in [0.5, 0.6) is 0 Å². The van der Waals surface area contributed by atoms with Crippen LogP contribution in [0, 0.1) is 5.92 Å². The molecule has 4 heteroatoms. The van der Waals surface area contributed by atoms with Crippen LogP contribution in [0.2, 0.25) is 0 Å². The van der Waals surface area contributed by atoms with E-state index in [-0.39, 0.29) is 5.91 Å². The van der Waals surface area contributed by atoms with Crippen molar-refractivity contribution in [1.82, 2.24) is 5.32 Å². The number of rotatable bonds is 5. The number of hydrogen-bond acceptors (Lipinski definition) is 2. The summed E-state index contributed by atoms with van der Waals surface area (Å²) in [5, 5.41) is 6.63. The van der Waals surface area contributed by atoms with Gasteiger partial charge in [-0.1, -0.05) is 6.92 Å². The lowest BCUT2D eigenvalue weighted by Crippen LogP contribution is -2.28. The fourth-order valence-corrected chi connectivity index (χ4v) is 2.06. The number of amides is 1. The van der Waals surface area contributed by atoms with E-state index in [0.717, 1.165) is 12.0 Å². The SMILES string of the molecule is CC(CCCl)CNC(=O)c1ccsc1. The molecule has 1 heterocycles. The van der Waals surface area contributed by atoms with Gasteiger partial charge in [-0.2, -0.15) is 11.3 Å². The minimum atomic E-state index is 0.00710. The van der Waals surface area contributed by atoms with Gasteiger partial charge in [0.05, 0.1) is 0 Å². The fraction of sp³-hybridized carbons (Fsp3) is 0.500. The van der Waals surface area contributed by atoms with E-state index in [4.69, 9.17) is 11.6 Å². The van der Waals surface area contributed by atoms with Gasteiger partial charge in [-0.15, -0.1) is 11.6 Å². The van der Waals surface area contributed by atoms with Crippen molar-refractivity contribution in [2.75, 3.05) is 12.4 Å². The summed E-state index contributed by atoms with van der Waals surface area (Å²) in [6.07, 6.45) is 0.936. The van der Waals surface area contributed by atoms with Gasteiger partial charge in [0.1, 0.15) is 0 Å². The number of nitrogens with one attached hydrogen (secondary N) is 1. The van der Waals surface area contributed by atoms with E-state index in [1.807, 2.05) is 16.8 Å². The monoisotopic (exact) mass is 231 g/mol. The van der Waals surface area contributed by atoms with Gasteiger partial charge in [0.2, 0.25) is 0 Å². The standard InChI is InChI=1S/C10H14ClNOS/c1-8(2-4-11)6-12-10(13)9-3-5-14-7-9/h3,5,7-8H,2,4,6H2,1H3,(H,12,13). The average Bonchev–Trinajstić information content (AvgIpc) is 2.67. The molecular weight excluding hydrogens is 218 g/mol. The second kappa shape index (κ2) is 6.04. The van der Waals surface area contributed by atoms with Gasteiger partial charge >= 0.3 is 0 Å². The molecule has 14 heavy (non-hydrogen) atoms. The predicted octanol–water partition coefficient (Wildman–Crippen LogP) is 2.74. The van der Waals surface area contributed by atoms with Gasteiger partial charge in [-0.05, 0) is 23.8 Å². The summed E-state index contributed by atoms with van der Waals surface area (Å²) in [6, 6.07) is 1.83. The van der Waals surface area contributed by atoms with Gasteiger partial charge in [0, 0.05) is 23.4 Å². The third-order valence-corrected chi connectivity index (χ3v) is 2.90.